The maximum Gasteiger partial charge on any atom is 0.113 e. The number of nitrogens with zero attached hydrogens (tertiary/aromatic N) is 3. The largest absolute Gasteiger partial charge is 0.394 e. The lowest BCUT2D eigenvalue weighted by molar-refractivity contribution is -0.200. The fourth-order valence-corrected chi connectivity index (χ4v) is 3.11. The molecule has 0 aliphatic carbocycles. The second-order valence-electron chi connectivity index (χ2n) is 5.93. The summed E-state index contributed by atoms with van der Waals surface area (Å²) in [6.45, 7) is 1.25. The highest BCUT2D eigenvalue weighted by Gasteiger charge is 2.43. The van der Waals surface area contributed by atoms with Crippen LogP contribution in [0.4, 0.5) is 0 Å². The van der Waals surface area contributed by atoms with Gasteiger partial charge in [-0.1, -0.05) is 29.5 Å². The van der Waals surface area contributed by atoms with Gasteiger partial charge in [0, 0.05) is 5.56 Å². The van der Waals surface area contributed by atoms with Crippen LogP contribution in [-0.2, 0) is 11.3 Å². The quantitative estimate of drug-likeness (QED) is 0.593. The van der Waals surface area contributed by atoms with Crippen LogP contribution in [0.2, 0.25) is 0 Å². The van der Waals surface area contributed by atoms with E-state index < -0.39 is 30.5 Å². The van der Waals surface area contributed by atoms with Crippen molar-refractivity contribution in [3.63, 3.8) is 0 Å². The zero-order valence-corrected chi connectivity index (χ0v) is 13.2. The molecule has 0 spiro atoms. The average Bonchev–Trinajstić information content (AvgIpc) is 3.07. The van der Waals surface area contributed by atoms with E-state index in [0.717, 1.165) is 11.1 Å². The standard InChI is InChI=1S/C16H21N3O5/c1-9-14(16(23)15(22)13(8-21)24-9)19-6-12(17-18-19)11-5-3-2-4-10(11)7-20/h2-6,9,13-16,20-23H,7-8H2,1H3/t9-,13+,14-,15-,16+/m0/s1. The van der Waals surface area contributed by atoms with E-state index in [0.29, 0.717) is 5.69 Å². The summed E-state index contributed by atoms with van der Waals surface area (Å²) in [4.78, 5) is 0. The molecule has 1 fully saturated rings. The van der Waals surface area contributed by atoms with Crippen molar-refractivity contribution in [3.05, 3.63) is 36.0 Å². The van der Waals surface area contributed by atoms with Gasteiger partial charge in [-0.15, -0.1) is 5.10 Å². The van der Waals surface area contributed by atoms with Gasteiger partial charge in [0.2, 0.25) is 0 Å². The Bertz CT molecular complexity index is 692. The van der Waals surface area contributed by atoms with Crippen molar-refractivity contribution in [3.8, 4) is 11.3 Å². The minimum absolute atomic E-state index is 0.120. The van der Waals surface area contributed by atoms with Crippen LogP contribution in [0.15, 0.2) is 30.5 Å². The Morgan fingerprint density at radius 2 is 1.92 bits per heavy atom. The molecule has 3 rings (SSSR count). The molecule has 24 heavy (non-hydrogen) atoms. The molecule has 1 saturated heterocycles. The number of rotatable bonds is 4. The van der Waals surface area contributed by atoms with Crippen LogP contribution in [0.25, 0.3) is 11.3 Å². The molecule has 1 aromatic carbocycles. The first-order valence-electron chi connectivity index (χ1n) is 7.80. The zero-order chi connectivity index (χ0) is 17.3. The molecule has 5 atom stereocenters. The number of benzene rings is 1. The number of hydrogen-bond acceptors (Lipinski definition) is 7. The summed E-state index contributed by atoms with van der Waals surface area (Å²) in [5.74, 6) is 0. The van der Waals surface area contributed by atoms with Crippen molar-refractivity contribution in [1.82, 2.24) is 15.0 Å². The Balaban J connectivity index is 1.90. The van der Waals surface area contributed by atoms with Crippen LogP contribution < -0.4 is 0 Å². The number of hydrogen-bond donors (Lipinski definition) is 4. The Kier molecular flexibility index (Phi) is 4.93. The fraction of sp³-hybridized carbons (Fsp3) is 0.500. The third kappa shape index (κ3) is 2.94. The van der Waals surface area contributed by atoms with Crippen molar-refractivity contribution >= 4 is 0 Å². The predicted octanol–water partition coefficient (Wildman–Crippen LogP) is -0.520. The van der Waals surface area contributed by atoms with Gasteiger partial charge in [-0.3, -0.25) is 0 Å². The van der Waals surface area contributed by atoms with Gasteiger partial charge in [0.05, 0.1) is 25.5 Å². The molecule has 130 valence electrons. The van der Waals surface area contributed by atoms with Crippen molar-refractivity contribution in [2.75, 3.05) is 6.61 Å². The highest BCUT2D eigenvalue weighted by atomic mass is 16.5. The number of ether oxygens (including phenoxy) is 1. The van der Waals surface area contributed by atoms with E-state index in [9.17, 15) is 20.4 Å². The Hall–Kier alpha value is -1.84. The zero-order valence-electron chi connectivity index (χ0n) is 13.2. The maximum atomic E-state index is 10.4. The van der Waals surface area contributed by atoms with Gasteiger partial charge >= 0.3 is 0 Å². The van der Waals surface area contributed by atoms with Crippen LogP contribution in [0.1, 0.15) is 18.5 Å². The molecule has 2 heterocycles. The summed E-state index contributed by atoms with van der Waals surface area (Å²) in [6, 6.07) is 6.65. The SMILES string of the molecule is C[C@@H]1O[C@H](CO)[C@H](O)[C@H](O)[C@H]1n1cc(-c2ccccc2CO)nn1. The van der Waals surface area contributed by atoms with E-state index in [-0.39, 0.29) is 13.2 Å². The minimum Gasteiger partial charge on any atom is -0.394 e. The minimum atomic E-state index is -1.21. The normalized spacial score (nSPS) is 30.5. The van der Waals surface area contributed by atoms with Crippen LogP contribution in [0.5, 0.6) is 0 Å². The topological polar surface area (TPSA) is 121 Å². The molecular formula is C16H21N3O5. The third-order valence-electron chi connectivity index (χ3n) is 4.41. The highest BCUT2D eigenvalue weighted by molar-refractivity contribution is 5.62. The molecule has 8 nitrogen and oxygen atoms in total. The van der Waals surface area contributed by atoms with E-state index in [1.54, 1.807) is 19.2 Å². The summed E-state index contributed by atoms with van der Waals surface area (Å²) in [7, 11) is 0. The van der Waals surface area contributed by atoms with Gasteiger partial charge in [0.1, 0.15) is 30.0 Å². The van der Waals surface area contributed by atoms with E-state index in [1.165, 1.54) is 4.68 Å². The highest BCUT2D eigenvalue weighted by Crippen LogP contribution is 2.31. The lowest BCUT2D eigenvalue weighted by atomic mass is 9.93. The number of aromatic nitrogens is 3. The van der Waals surface area contributed by atoms with Gasteiger partial charge in [-0.05, 0) is 12.5 Å². The Labute approximate surface area is 138 Å². The number of aliphatic hydroxyl groups excluding tert-OH is 4. The molecule has 2 aromatic rings. The Morgan fingerprint density at radius 3 is 2.62 bits per heavy atom. The van der Waals surface area contributed by atoms with Crippen LogP contribution in [0, 0.1) is 0 Å². The average molecular weight is 335 g/mol. The number of aliphatic hydroxyl groups is 4. The van der Waals surface area contributed by atoms with Crippen molar-refractivity contribution in [1.29, 1.82) is 0 Å². The summed E-state index contributed by atoms with van der Waals surface area (Å²) in [5, 5.41) is 47.2. The second-order valence-corrected chi connectivity index (χ2v) is 5.93. The molecule has 8 heteroatoms. The van der Waals surface area contributed by atoms with Crippen molar-refractivity contribution < 1.29 is 25.2 Å². The summed E-state index contributed by atoms with van der Waals surface area (Å²) >= 11 is 0. The van der Waals surface area contributed by atoms with Crippen LogP contribution in [0.3, 0.4) is 0 Å². The molecule has 1 aliphatic heterocycles. The maximum absolute atomic E-state index is 10.4. The molecule has 0 radical (unpaired) electrons. The summed E-state index contributed by atoms with van der Waals surface area (Å²) in [5.41, 5.74) is 2.02. The van der Waals surface area contributed by atoms with E-state index >= 15 is 0 Å². The third-order valence-corrected chi connectivity index (χ3v) is 4.41. The molecule has 1 aliphatic rings. The summed E-state index contributed by atoms with van der Waals surface area (Å²) in [6.07, 6.45) is -2.01. The van der Waals surface area contributed by atoms with Gasteiger partial charge < -0.3 is 25.2 Å². The van der Waals surface area contributed by atoms with E-state index in [2.05, 4.69) is 10.3 Å². The van der Waals surface area contributed by atoms with Crippen LogP contribution in [-0.4, -0.2) is 66.4 Å². The molecule has 4 N–H and O–H groups in total. The molecule has 0 amide bonds. The summed E-state index contributed by atoms with van der Waals surface area (Å²) < 4.78 is 7.01. The van der Waals surface area contributed by atoms with Crippen molar-refractivity contribution in [2.24, 2.45) is 0 Å². The van der Waals surface area contributed by atoms with Gasteiger partial charge in [-0.2, -0.15) is 0 Å². The van der Waals surface area contributed by atoms with Gasteiger partial charge in [0.25, 0.3) is 0 Å². The smallest absolute Gasteiger partial charge is 0.113 e. The molecule has 0 bridgehead atoms. The molecule has 0 unspecified atom stereocenters. The first-order chi connectivity index (χ1) is 11.6. The lowest BCUT2D eigenvalue weighted by Crippen LogP contribution is -2.55. The first kappa shape index (κ1) is 17.0. The van der Waals surface area contributed by atoms with Crippen LogP contribution >= 0.6 is 0 Å². The first-order valence-corrected chi connectivity index (χ1v) is 7.80. The molecular weight excluding hydrogens is 314 g/mol. The van der Waals surface area contributed by atoms with Crippen molar-refractivity contribution in [2.45, 2.75) is 44.0 Å². The van der Waals surface area contributed by atoms with E-state index in [4.69, 9.17) is 4.74 Å². The molecule has 1 aromatic heterocycles. The van der Waals surface area contributed by atoms with Gasteiger partial charge in [0.15, 0.2) is 0 Å². The Morgan fingerprint density at radius 1 is 1.17 bits per heavy atom. The lowest BCUT2D eigenvalue weighted by Gasteiger charge is -2.40. The monoisotopic (exact) mass is 335 g/mol. The predicted molar refractivity (Wildman–Crippen MR) is 83.9 cm³/mol. The fourth-order valence-electron chi connectivity index (χ4n) is 3.11. The molecule has 0 saturated carbocycles. The van der Waals surface area contributed by atoms with Gasteiger partial charge in [-0.25, -0.2) is 4.68 Å². The van der Waals surface area contributed by atoms with E-state index in [1.807, 2.05) is 18.2 Å². The second kappa shape index (κ2) is 6.96.